The lowest BCUT2D eigenvalue weighted by Crippen LogP contribution is -2.38. The summed E-state index contributed by atoms with van der Waals surface area (Å²) in [4.78, 5) is 2.50. The summed E-state index contributed by atoms with van der Waals surface area (Å²) in [6, 6.07) is 8.51. The molecular formula is C21H35NO2. The van der Waals surface area contributed by atoms with Gasteiger partial charge in [0.05, 0.1) is 19.3 Å². The van der Waals surface area contributed by atoms with Crippen LogP contribution in [0.15, 0.2) is 24.3 Å². The molecule has 136 valence electrons. The summed E-state index contributed by atoms with van der Waals surface area (Å²) in [7, 11) is 0. The number of unbranched alkanes of at least 4 members (excludes halogenated alkanes) is 5. The van der Waals surface area contributed by atoms with Gasteiger partial charge in [0.15, 0.2) is 0 Å². The van der Waals surface area contributed by atoms with Gasteiger partial charge in [-0.05, 0) is 37.1 Å². The number of nitrogens with zero attached hydrogens (tertiary/aromatic N) is 1. The maximum absolute atomic E-state index is 5.94. The monoisotopic (exact) mass is 333 g/mol. The van der Waals surface area contributed by atoms with Crippen LogP contribution in [-0.2, 0) is 4.74 Å². The zero-order chi connectivity index (χ0) is 17.0. The summed E-state index contributed by atoms with van der Waals surface area (Å²) in [5.74, 6) is 0.980. The fourth-order valence-corrected chi connectivity index (χ4v) is 3.27. The lowest BCUT2D eigenvalue weighted by Gasteiger charge is -2.33. The maximum atomic E-state index is 5.94. The van der Waals surface area contributed by atoms with Gasteiger partial charge in [-0.2, -0.15) is 0 Å². The van der Waals surface area contributed by atoms with E-state index in [1.54, 1.807) is 0 Å². The largest absolute Gasteiger partial charge is 0.494 e. The van der Waals surface area contributed by atoms with Crippen LogP contribution < -0.4 is 4.74 Å². The molecule has 1 fully saturated rings. The summed E-state index contributed by atoms with van der Waals surface area (Å²) in [5, 5.41) is 0. The molecule has 1 atom stereocenters. The Morgan fingerprint density at radius 1 is 1.00 bits per heavy atom. The highest BCUT2D eigenvalue weighted by atomic mass is 16.5. The van der Waals surface area contributed by atoms with Crippen molar-refractivity contribution in [2.75, 3.05) is 32.8 Å². The van der Waals surface area contributed by atoms with E-state index in [-0.39, 0.29) is 6.10 Å². The van der Waals surface area contributed by atoms with Crippen LogP contribution in [0.2, 0.25) is 0 Å². The lowest BCUT2D eigenvalue weighted by atomic mass is 10.1. The lowest BCUT2D eigenvalue weighted by molar-refractivity contribution is -0.0298. The Labute approximate surface area is 148 Å². The van der Waals surface area contributed by atoms with E-state index in [2.05, 4.69) is 43.0 Å². The van der Waals surface area contributed by atoms with Gasteiger partial charge >= 0.3 is 0 Å². The Hall–Kier alpha value is -1.06. The number of rotatable bonds is 11. The van der Waals surface area contributed by atoms with E-state index in [1.807, 2.05) is 0 Å². The molecule has 0 bridgehead atoms. The number of benzene rings is 1. The SMILES string of the molecule is CCCCCCCCOc1ccc(C2CN(CCC)CCO2)cc1. The molecule has 0 spiro atoms. The average Bonchev–Trinajstić information content (AvgIpc) is 2.62. The first-order chi connectivity index (χ1) is 11.8. The van der Waals surface area contributed by atoms with E-state index in [0.717, 1.165) is 38.5 Å². The van der Waals surface area contributed by atoms with E-state index < -0.39 is 0 Å². The van der Waals surface area contributed by atoms with Crippen LogP contribution in [0.25, 0.3) is 0 Å². The predicted molar refractivity (Wildman–Crippen MR) is 101 cm³/mol. The van der Waals surface area contributed by atoms with E-state index in [4.69, 9.17) is 9.47 Å². The highest BCUT2D eigenvalue weighted by Crippen LogP contribution is 2.24. The van der Waals surface area contributed by atoms with Crippen molar-refractivity contribution in [3.63, 3.8) is 0 Å². The molecule has 1 heterocycles. The molecule has 1 aromatic carbocycles. The van der Waals surface area contributed by atoms with Crippen molar-refractivity contribution < 1.29 is 9.47 Å². The van der Waals surface area contributed by atoms with Gasteiger partial charge in [-0.15, -0.1) is 0 Å². The number of hydrogen-bond donors (Lipinski definition) is 0. The van der Waals surface area contributed by atoms with Crippen molar-refractivity contribution in [3.05, 3.63) is 29.8 Å². The van der Waals surface area contributed by atoms with E-state index in [1.165, 1.54) is 50.6 Å². The third-order valence-corrected chi connectivity index (χ3v) is 4.71. The highest BCUT2D eigenvalue weighted by molar-refractivity contribution is 5.29. The Bertz CT molecular complexity index is 430. The van der Waals surface area contributed by atoms with Gasteiger partial charge in [0.1, 0.15) is 5.75 Å². The van der Waals surface area contributed by atoms with E-state index in [0.29, 0.717) is 0 Å². The maximum Gasteiger partial charge on any atom is 0.119 e. The van der Waals surface area contributed by atoms with E-state index >= 15 is 0 Å². The molecule has 0 amide bonds. The standard InChI is InChI=1S/C21H35NO2/c1-3-5-6-7-8-9-16-23-20-12-10-19(11-13-20)21-18-22(14-4-2)15-17-24-21/h10-13,21H,3-9,14-18H2,1-2H3. The van der Waals surface area contributed by atoms with Crippen molar-refractivity contribution >= 4 is 0 Å². The second-order valence-electron chi connectivity index (χ2n) is 6.85. The minimum Gasteiger partial charge on any atom is -0.494 e. The molecule has 1 aromatic rings. The Morgan fingerprint density at radius 2 is 1.75 bits per heavy atom. The molecule has 0 N–H and O–H groups in total. The number of hydrogen-bond acceptors (Lipinski definition) is 3. The summed E-state index contributed by atoms with van der Waals surface area (Å²) >= 11 is 0. The molecular weight excluding hydrogens is 298 g/mol. The molecule has 0 radical (unpaired) electrons. The first-order valence-electron chi connectivity index (χ1n) is 9.90. The van der Waals surface area contributed by atoms with Crippen molar-refractivity contribution in [3.8, 4) is 5.75 Å². The summed E-state index contributed by atoms with van der Waals surface area (Å²) in [6.45, 7) is 9.39. The van der Waals surface area contributed by atoms with Gasteiger partial charge in [-0.25, -0.2) is 0 Å². The molecule has 0 saturated carbocycles. The van der Waals surface area contributed by atoms with Crippen LogP contribution in [0.1, 0.15) is 70.5 Å². The molecule has 2 rings (SSSR count). The number of morpholine rings is 1. The summed E-state index contributed by atoms with van der Waals surface area (Å²) in [5.41, 5.74) is 1.27. The average molecular weight is 334 g/mol. The van der Waals surface area contributed by atoms with Crippen LogP contribution in [0, 0.1) is 0 Å². The molecule has 0 aromatic heterocycles. The molecule has 24 heavy (non-hydrogen) atoms. The third kappa shape index (κ3) is 6.82. The van der Waals surface area contributed by atoms with Gasteiger partial charge in [0.25, 0.3) is 0 Å². The third-order valence-electron chi connectivity index (χ3n) is 4.71. The van der Waals surface area contributed by atoms with Gasteiger partial charge in [0.2, 0.25) is 0 Å². The fourth-order valence-electron chi connectivity index (χ4n) is 3.27. The van der Waals surface area contributed by atoms with Crippen LogP contribution >= 0.6 is 0 Å². The molecule has 1 unspecified atom stereocenters. The molecule has 0 aliphatic carbocycles. The second-order valence-corrected chi connectivity index (χ2v) is 6.85. The fraction of sp³-hybridized carbons (Fsp3) is 0.714. The first-order valence-corrected chi connectivity index (χ1v) is 9.90. The zero-order valence-corrected chi connectivity index (χ0v) is 15.6. The van der Waals surface area contributed by atoms with Gasteiger partial charge in [-0.3, -0.25) is 4.90 Å². The normalized spacial score (nSPS) is 18.7. The van der Waals surface area contributed by atoms with Gasteiger partial charge in [-0.1, -0.05) is 58.1 Å². The minimum absolute atomic E-state index is 0.206. The van der Waals surface area contributed by atoms with Crippen molar-refractivity contribution in [2.24, 2.45) is 0 Å². The van der Waals surface area contributed by atoms with Gasteiger partial charge in [0, 0.05) is 13.1 Å². The minimum atomic E-state index is 0.206. The van der Waals surface area contributed by atoms with E-state index in [9.17, 15) is 0 Å². The Morgan fingerprint density at radius 3 is 2.50 bits per heavy atom. The topological polar surface area (TPSA) is 21.7 Å². The highest BCUT2D eigenvalue weighted by Gasteiger charge is 2.21. The van der Waals surface area contributed by atoms with Crippen molar-refractivity contribution in [2.45, 2.75) is 64.9 Å². The Kier molecular flexibility index (Phi) is 9.22. The molecule has 1 saturated heterocycles. The molecule has 1 aliphatic rings. The van der Waals surface area contributed by atoms with Crippen molar-refractivity contribution in [1.29, 1.82) is 0 Å². The van der Waals surface area contributed by atoms with Crippen LogP contribution in [0.4, 0.5) is 0 Å². The molecule has 3 heteroatoms. The summed E-state index contributed by atoms with van der Waals surface area (Å²) in [6.07, 6.45) is 9.22. The summed E-state index contributed by atoms with van der Waals surface area (Å²) < 4.78 is 11.8. The van der Waals surface area contributed by atoms with Crippen LogP contribution in [-0.4, -0.2) is 37.7 Å². The van der Waals surface area contributed by atoms with Crippen LogP contribution in [0.3, 0.4) is 0 Å². The van der Waals surface area contributed by atoms with Crippen molar-refractivity contribution in [1.82, 2.24) is 4.90 Å². The second kappa shape index (κ2) is 11.5. The smallest absolute Gasteiger partial charge is 0.119 e. The molecule has 3 nitrogen and oxygen atoms in total. The van der Waals surface area contributed by atoms with Crippen LogP contribution in [0.5, 0.6) is 5.75 Å². The predicted octanol–water partition coefficient (Wildman–Crippen LogP) is 5.21. The Balaban J connectivity index is 1.68. The first kappa shape index (κ1) is 19.3. The quantitative estimate of drug-likeness (QED) is 0.519. The molecule has 1 aliphatic heterocycles. The van der Waals surface area contributed by atoms with Gasteiger partial charge < -0.3 is 9.47 Å². The number of ether oxygens (including phenoxy) is 2. The zero-order valence-electron chi connectivity index (χ0n) is 15.6.